The minimum absolute atomic E-state index is 1.19. The molecule has 0 spiro atoms. The van der Waals surface area contributed by atoms with Gasteiger partial charge in [0.25, 0.3) is 0 Å². The van der Waals surface area contributed by atoms with Crippen LogP contribution in [0.5, 0.6) is 0 Å². The minimum atomic E-state index is -1.19. The van der Waals surface area contributed by atoms with E-state index in [9.17, 15) is 0 Å². The van der Waals surface area contributed by atoms with Gasteiger partial charge in [-0.15, -0.1) is 11.3 Å². The number of fused-ring (bicyclic) bond motifs is 1. The van der Waals surface area contributed by atoms with Crippen molar-refractivity contribution >= 4 is 47.3 Å². The summed E-state index contributed by atoms with van der Waals surface area (Å²) in [7, 11) is -1.19. The average molecular weight is 246 g/mol. The van der Waals surface area contributed by atoms with Gasteiger partial charge >= 0.3 is 0 Å². The van der Waals surface area contributed by atoms with Crippen LogP contribution in [0.2, 0.25) is 19.6 Å². The van der Waals surface area contributed by atoms with Gasteiger partial charge < -0.3 is 0 Å². The van der Waals surface area contributed by atoms with Gasteiger partial charge in [-0.3, -0.25) is 0 Å². The Bertz CT molecular complexity index is 629. The first kappa shape index (κ1) is 11.6. The van der Waals surface area contributed by atoms with Gasteiger partial charge in [-0.1, -0.05) is 49.6 Å². The van der Waals surface area contributed by atoms with Crippen molar-refractivity contribution in [3.05, 3.63) is 28.0 Å². The second kappa shape index (κ2) is 3.86. The zero-order chi connectivity index (χ0) is 11.9. The Morgan fingerprint density at radius 1 is 1.25 bits per heavy atom. The molecule has 0 amide bonds. The fourth-order valence-electron chi connectivity index (χ4n) is 1.95. The fourth-order valence-corrected chi connectivity index (χ4v) is 4.29. The van der Waals surface area contributed by atoms with Crippen LogP contribution in [0.25, 0.3) is 22.7 Å². The maximum atomic E-state index is 4.12. The van der Waals surface area contributed by atoms with Crippen LogP contribution in [0.1, 0.15) is 6.92 Å². The number of thiophene rings is 1. The third-order valence-electron chi connectivity index (χ3n) is 2.96. The zero-order valence-corrected chi connectivity index (χ0v) is 12.2. The third-order valence-corrected chi connectivity index (χ3v) is 6.03. The Kier molecular flexibility index (Phi) is 2.80. The molecule has 1 aromatic heterocycles. The standard InChI is InChI=1S/C14H18SSi/c1-6-12-10(2)15-14-9-11(16(3,4)5)7-8-13(12)14/h6-9H,2H2,1,3-5H3/b12-6+. The van der Waals surface area contributed by atoms with E-state index in [2.05, 4.69) is 57.4 Å². The van der Waals surface area contributed by atoms with E-state index in [-0.39, 0.29) is 0 Å². The molecule has 84 valence electrons. The smallest absolute Gasteiger partial charge is 0.0776 e. The highest BCUT2D eigenvalue weighted by Crippen LogP contribution is 2.13. The van der Waals surface area contributed by atoms with Crippen molar-refractivity contribution < 1.29 is 0 Å². The molecule has 16 heavy (non-hydrogen) atoms. The molecule has 1 aromatic carbocycles. The van der Waals surface area contributed by atoms with Gasteiger partial charge in [0.15, 0.2) is 0 Å². The van der Waals surface area contributed by atoms with Crippen molar-refractivity contribution in [3.8, 4) is 0 Å². The molecule has 1 heterocycles. The summed E-state index contributed by atoms with van der Waals surface area (Å²) in [6.45, 7) is 13.4. The van der Waals surface area contributed by atoms with Crippen molar-refractivity contribution in [2.24, 2.45) is 0 Å². The second-order valence-corrected chi connectivity index (χ2v) is 11.4. The molecule has 0 saturated heterocycles. The van der Waals surface area contributed by atoms with E-state index < -0.39 is 8.07 Å². The van der Waals surface area contributed by atoms with Gasteiger partial charge in [0, 0.05) is 9.23 Å². The van der Waals surface area contributed by atoms with E-state index in [1.807, 2.05) is 11.3 Å². The van der Waals surface area contributed by atoms with E-state index in [4.69, 9.17) is 0 Å². The maximum Gasteiger partial charge on any atom is 0.0776 e. The summed E-state index contributed by atoms with van der Waals surface area (Å²) in [6, 6.07) is 6.94. The summed E-state index contributed by atoms with van der Waals surface area (Å²) in [5.74, 6) is 0. The number of benzene rings is 1. The van der Waals surface area contributed by atoms with E-state index >= 15 is 0 Å². The topological polar surface area (TPSA) is 0 Å². The van der Waals surface area contributed by atoms with E-state index in [1.54, 1.807) is 0 Å². The molecule has 0 aliphatic heterocycles. The van der Waals surface area contributed by atoms with Gasteiger partial charge in [-0.2, -0.15) is 0 Å². The molecule has 0 bridgehead atoms. The fraction of sp³-hybridized carbons (Fsp3) is 0.286. The van der Waals surface area contributed by atoms with E-state index in [0.29, 0.717) is 0 Å². The van der Waals surface area contributed by atoms with Crippen LogP contribution in [0, 0.1) is 0 Å². The molecule has 0 saturated carbocycles. The van der Waals surface area contributed by atoms with Crippen LogP contribution in [0.15, 0.2) is 18.2 Å². The second-order valence-electron chi connectivity index (χ2n) is 5.19. The van der Waals surface area contributed by atoms with Crippen LogP contribution in [0.4, 0.5) is 0 Å². The van der Waals surface area contributed by atoms with Gasteiger partial charge in [-0.25, -0.2) is 0 Å². The first-order chi connectivity index (χ1) is 7.43. The number of rotatable bonds is 1. The molecule has 0 atom stereocenters. The molecular weight excluding hydrogens is 228 g/mol. The molecule has 0 fully saturated rings. The van der Waals surface area contributed by atoms with Crippen molar-refractivity contribution in [3.63, 3.8) is 0 Å². The zero-order valence-electron chi connectivity index (χ0n) is 10.4. The lowest BCUT2D eigenvalue weighted by Crippen LogP contribution is -2.37. The van der Waals surface area contributed by atoms with Crippen molar-refractivity contribution in [1.82, 2.24) is 0 Å². The number of hydrogen-bond donors (Lipinski definition) is 0. The van der Waals surface area contributed by atoms with Crippen molar-refractivity contribution in [1.29, 1.82) is 0 Å². The van der Waals surface area contributed by atoms with Crippen LogP contribution in [0.3, 0.4) is 0 Å². The van der Waals surface area contributed by atoms with Gasteiger partial charge in [-0.05, 0) is 23.6 Å². The lowest BCUT2D eigenvalue weighted by Gasteiger charge is -2.16. The lowest BCUT2D eigenvalue weighted by molar-refractivity contribution is 1.70. The maximum absolute atomic E-state index is 4.12. The Hall–Kier alpha value is -0.863. The summed E-state index contributed by atoms with van der Waals surface area (Å²) in [5, 5.41) is 4.20. The Balaban J connectivity index is 2.80. The highest BCUT2D eigenvalue weighted by atomic mass is 32.1. The van der Waals surface area contributed by atoms with Gasteiger partial charge in [0.1, 0.15) is 0 Å². The predicted octanol–water partition coefficient (Wildman–Crippen LogP) is 2.66. The third kappa shape index (κ3) is 1.87. The predicted molar refractivity (Wildman–Crippen MR) is 79.7 cm³/mol. The van der Waals surface area contributed by atoms with Crippen LogP contribution in [-0.2, 0) is 0 Å². The van der Waals surface area contributed by atoms with Crippen molar-refractivity contribution in [2.45, 2.75) is 26.6 Å². The van der Waals surface area contributed by atoms with Gasteiger partial charge in [0.2, 0.25) is 0 Å². The van der Waals surface area contributed by atoms with E-state index in [0.717, 1.165) is 0 Å². The molecule has 2 heteroatoms. The monoisotopic (exact) mass is 246 g/mol. The van der Waals surface area contributed by atoms with E-state index in [1.165, 1.54) is 25.0 Å². The molecule has 0 radical (unpaired) electrons. The quantitative estimate of drug-likeness (QED) is 0.679. The van der Waals surface area contributed by atoms with Crippen LogP contribution in [-0.4, -0.2) is 8.07 Å². The largest absolute Gasteiger partial charge is 0.136 e. The Morgan fingerprint density at radius 3 is 2.50 bits per heavy atom. The SMILES string of the molecule is C=c1sc2cc([Si](C)(C)C)ccc2/c1=C/C. The van der Waals surface area contributed by atoms with Gasteiger partial charge in [0.05, 0.1) is 8.07 Å². The Labute approximate surface area is 102 Å². The summed E-state index contributed by atoms with van der Waals surface area (Å²) in [5.41, 5.74) is 0. The minimum Gasteiger partial charge on any atom is -0.136 e. The normalized spacial score (nSPS) is 13.6. The average Bonchev–Trinajstić information content (AvgIpc) is 2.50. The first-order valence-electron chi connectivity index (χ1n) is 5.62. The molecule has 0 N–H and O–H groups in total. The van der Waals surface area contributed by atoms with Crippen molar-refractivity contribution in [2.75, 3.05) is 0 Å². The summed E-state index contributed by atoms with van der Waals surface area (Å²) in [6.07, 6.45) is 2.16. The molecule has 0 aliphatic carbocycles. The Morgan fingerprint density at radius 2 is 1.94 bits per heavy atom. The van der Waals surface area contributed by atoms with Crippen LogP contribution >= 0.6 is 11.3 Å². The molecular formula is C14H18SSi. The highest BCUT2D eigenvalue weighted by molar-refractivity contribution is 7.17. The van der Waals surface area contributed by atoms with Crippen LogP contribution < -0.4 is 14.9 Å². The molecule has 0 unspecified atom stereocenters. The molecule has 0 nitrogen and oxygen atoms in total. The highest BCUT2D eigenvalue weighted by Gasteiger charge is 2.16. The lowest BCUT2D eigenvalue weighted by atomic mass is 10.2. The molecule has 2 rings (SSSR count). The first-order valence-corrected chi connectivity index (χ1v) is 9.93. The number of hydrogen-bond acceptors (Lipinski definition) is 1. The summed E-state index contributed by atoms with van der Waals surface area (Å²) < 4.78 is 2.57. The molecule has 2 aromatic rings. The molecule has 0 aliphatic rings. The summed E-state index contributed by atoms with van der Waals surface area (Å²) in [4.78, 5) is 0. The summed E-state index contributed by atoms with van der Waals surface area (Å²) >= 11 is 1.81.